The first-order valence-electron chi connectivity index (χ1n) is 10.9. The van der Waals surface area contributed by atoms with E-state index in [-0.39, 0.29) is 6.42 Å². The number of carbonyl (C=O) groups is 1. The van der Waals surface area contributed by atoms with E-state index < -0.39 is 5.97 Å². The standard InChI is InChI=1S/C23H39NO2/c1-3-5-7-8-9-10-11-12-13-14-18-24-19-15-17-21(16-6-4-2)22(24)20-23(25)26/h15,17,19H,3-14,16,18,20H2,1-2H3. The minimum Gasteiger partial charge on any atom is -0.550 e. The maximum absolute atomic E-state index is 11.2. The topological polar surface area (TPSA) is 44.0 Å². The van der Waals surface area contributed by atoms with E-state index in [0.29, 0.717) is 0 Å². The molecule has 0 bridgehead atoms. The van der Waals surface area contributed by atoms with Crippen molar-refractivity contribution in [2.45, 2.75) is 110 Å². The van der Waals surface area contributed by atoms with Gasteiger partial charge < -0.3 is 9.90 Å². The number of pyridine rings is 1. The molecule has 0 fully saturated rings. The van der Waals surface area contributed by atoms with Gasteiger partial charge in [-0.15, -0.1) is 0 Å². The number of hydrogen-bond donors (Lipinski definition) is 0. The molecule has 0 spiro atoms. The molecule has 148 valence electrons. The normalized spacial score (nSPS) is 11.0. The Balaban J connectivity index is 2.35. The number of aryl methyl sites for hydroxylation is 2. The van der Waals surface area contributed by atoms with E-state index >= 15 is 0 Å². The van der Waals surface area contributed by atoms with E-state index in [1.807, 2.05) is 6.20 Å². The predicted molar refractivity (Wildman–Crippen MR) is 106 cm³/mol. The van der Waals surface area contributed by atoms with Crippen molar-refractivity contribution >= 4 is 5.97 Å². The molecule has 0 saturated carbocycles. The van der Waals surface area contributed by atoms with Gasteiger partial charge >= 0.3 is 0 Å². The van der Waals surface area contributed by atoms with E-state index in [4.69, 9.17) is 0 Å². The van der Waals surface area contributed by atoms with Crippen LogP contribution < -0.4 is 9.67 Å². The van der Waals surface area contributed by atoms with Gasteiger partial charge in [-0.05, 0) is 25.3 Å². The monoisotopic (exact) mass is 361 g/mol. The summed E-state index contributed by atoms with van der Waals surface area (Å²) >= 11 is 0. The Bertz CT molecular complexity index is 499. The lowest BCUT2D eigenvalue weighted by Gasteiger charge is -2.10. The average molecular weight is 362 g/mol. The zero-order chi connectivity index (χ0) is 19.0. The minimum absolute atomic E-state index is 0.0254. The maximum atomic E-state index is 11.2. The first-order chi connectivity index (χ1) is 12.7. The quantitative estimate of drug-likeness (QED) is 0.321. The number of carboxylic acid groups (broad SMARTS) is 1. The van der Waals surface area contributed by atoms with Crippen LogP contribution in [0.2, 0.25) is 0 Å². The highest BCUT2D eigenvalue weighted by Gasteiger charge is 2.15. The highest BCUT2D eigenvalue weighted by molar-refractivity contribution is 5.67. The van der Waals surface area contributed by atoms with Crippen LogP contribution in [0.4, 0.5) is 0 Å². The summed E-state index contributed by atoms with van der Waals surface area (Å²) in [5.41, 5.74) is 2.11. The molecular formula is C23H39NO2. The Morgan fingerprint density at radius 3 is 2.04 bits per heavy atom. The van der Waals surface area contributed by atoms with Gasteiger partial charge in [0.1, 0.15) is 6.54 Å². The van der Waals surface area contributed by atoms with Gasteiger partial charge in [0.25, 0.3) is 0 Å². The van der Waals surface area contributed by atoms with Crippen molar-refractivity contribution in [3.05, 3.63) is 29.6 Å². The van der Waals surface area contributed by atoms with Crippen LogP contribution in [0.5, 0.6) is 0 Å². The van der Waals surface area contributed by atoms with Gasteiger partial charge in [-0.1, -0.05) is 71.6 Å². The zero-order valence-corrected chi connectivity index (χ0v) is 17.1. The Kier molecular flexibility index (Phi) is 12.9. The van der Waals surface area contributed by atoms with Crippen molar-refractivity contribution in [1.82, 2.24) is 0 Å². The zero-order valence-electron chi connectivity index (χ0n) is 17.1. The summed E-state index contributed by atoms with van der Waals surface area (Å²) in [7, 11) is 0. The van der Waals surface area contributed by atoms with Crippen molar-refractivity contribution in [2.75, 3.05) is 0 Å². The molecule has 0 aliphatic carbocycles. The molecule has 0 atom stereocenters. The summed E-state index contributed by atoms with van der Waals surface area (Å²) < 4.78 is 2.14. The lowest BCUT2D eigenvalue weighted by atomic mass is 10.0. The fraction of sp³-hybridized carbons (Fsp3) is 0.739. The van der Waals surface area contributed by atoms with Crippen LogP contribution in [0, 0.1) is 0 Å². The van der Waals surface area contributed by atoms with Crippen LogP contribution in [0.3, 0.4) is 0 Å². The number of unbranched alkanes of at least 4 members (excludes halogenated alkanes) is 10. The molecule has 0 amide bonds. The lowest BCUT2D eigenvalue weighted by Crippen LogP contribution is -2.42. The van der Waals surface area contributed by atoms with Gasteiger partial charge in [-0.3, -0.25) is 0 Å². The molecule has 0 aromatic carbocycles. The lowest BCUT2D eigenvalue weighted by molar-refractivity contribution is -0.704. The van der Waals surface area contributed by atoms with Crippen molar-refractivity contribution in [2.24, 2.45) is 0 Å². The number of aromatic nitrogens is 1. The van der Waals surface area contributed by atoms with Crippen LogP contribution in [-0.2, 0) is 24.2 Å². The Labute approximate surface area is 160 Å². The van der Waals surface area contributed by atoms with E-state index in [1.165, 1.54) is 63.4 Å². The highest BCUT2D eigenvalue weighted by Crippen LogP contribution is 2.12. The summed E-state index contributed by atoms with van der Waals surface area (Å²) in [6.07, 6.45) is 18.4. The van der Waals surface area contributed by atoms with Crippen LogP contribution >= 0.6 is 0 Å². The van der Waals surface area contributed by atoms with Crippen LogP contribution in [0.1, 0.15) is 102 Å². The molecule has 0 aliphatic heterocycles. The molecule has 0 N–H and O–H groups in total. The van der Waals surface area contributed by atoms with E-state index in [1.54, 1.807) is 0 Å². The third-order valence-electron chi connectivity index (χ3n) is 5.14. The van der Waals surface area contributed by atoms with Gasteiger partial charge in [-0.2, -0.15) is 0 Å². The summed E-state index contributed by atoms with van der Waals surface area (Å²) in [5.74, 6) is -0.981. The molecule has 26 heavy (non-hydrogen) atoms. The Morgan fingerprint density at radius 1 is 0.885 bits per heavy atom. The van der Waals surface area contributed by atoms with E-state index in [2.05, 4.69) is 30.5 Å². The van der Waals surface area contributed by atoms with Crippen molar-refractivity contribution in [1.29, 1.82) is 0 Å². The van der Waals surface area contributed by atoms with E-state index in [9.17, 15) is 9.90 Å². The second-order valence-corrected chi connectivity index (χ2v) is 7.51. The molecular weight excluding hydrogens is 322 g/mol. The largest absolute Gasteiger partial charge is 0.550 e. The van der Waals surface area contributed by atoms with Crippen LogP contribution in [0.15, 0.2) is 18.3 Å². The van der Waals surface area contributed by atoms with Crippen molar-refractivity contribution in [3.63, 3.8) is 0 Å². The Morgan fingerprint density at radius 2 is 1.46 bits per heavy atom. The minimum atomic E-state index is -0.981. The summed E-state index contributed by atoms with van der Waals surface area (Å²) in [6, 6.07) is 4.13. The number of hydrogen-bond acceptors (Lipinski definition) is 2. The molecule has 1 aromatic heterocycles. The van der Waals surface area contributed by atoms with E-state index in [0.717, 1.165) is 37.9 Å². The van der Waals surface area contributed by atoms with Crippen molar-refractivity contribution in [3.8, 4) is 0 Å². The van der Waals surface area contributed by atoms with Crippen LogP contribution in [-0.4, -0.2) is 5.97 Å². The fourth-order valence-corrected chi connectivity index (χ4v) is 3.56. The molecule has 1 heterocycles. The smallest absolute Gasteiger partial charge is 0.190 e. The molecule has 1 aromatic rings. The first-order valence-corrected chi connectivity index (χ1v) is 10.9. The number of carbonyl (C=O) groups excluding carboxylic acids is 1. The molecule has 0 aliphatic rings. The second kappa shape index (κ2) is 14.8. The van der Waals surface area contributed by atoms with Crippen molar-refractivity contribution < 1.29 is 14.5 Å². The fourth-order valence-electron chi connectivity index (χ4n) is 3.56. The molecule has 3 nitrogen and oxygen atoms in total. The Hall–Kier alpha value is -1.38. The van der Waals surface area contributed by atoms with Gasteiger partial charge in [0.15, 0.2) is 11.9 Å². The number of rotatable bonds is 16. The number of nitrogens with zero attached hydrogens (tertiary/aromatic N) is 1. The third kappa shape index (κ3) is 9.94. The second-order valence-electron chi connectivity index (χ2n) is 7.51. The number of carboxylic acids is 1. The first kappa shape index (κ1) is 22.7. The average Bonchev–Trinajstić information content (AvgIpc) is 2.62. The van der Waals surface area contributed by atoms with Gasteiger partial charge in [0, 0.05) is 18.1 Å². The predicted octanol–water partition coefficient (Wildman–Crippen LogP) is 4.53. The SMILES string of the molecule is CCCCCCCCCCCC[n+]1cccc(CCCC)c1CC(=O)[O-]. The third-order valence-corrected chi connectivity index (χ3v) is 5.14. The molecule has 0 unspecified atom stereocenters. The summed E-state index contributed by atoms with van der Waals surface area (Å²) in [6.45, 7) is 5.34. The highest BCUT2D eigenvalue weighted by atomic mass is 16.4. The molecule has 1 rings (SSSR count). The molecule has 0 saturated heterocycles. The van der Waals surface area contributed by atoms with Gasteiger partial charge in [-0.25, -0.2) is 4.57 Å². The maximum Gasteiger partial charge on any atom is 0.190 e. The number of aliphatic carboxylic acids is 1. The molecule has 0 radical (unpaired) electrons. The van der Waals surface area contributed by atoms with Crippen LogP contribution in [0.25, 0.3) is 0 Å². The summed E-state index contributed by atoms with van der Waals surface area (Å²) in [4.78, 5) is 11.2. The molecule has 3 heteroatoms. The summed E-state index contributed by atoms with van der Waals surface area (Å²) in [5, 5.41) is 11.2. The van der Waals surface area contributed by atoms with Gasteiger partial charge in [0.05, 0.1) is 12.4 Å². The van der Waals surface area contributed by atoms with Gasteiger partial charge in [0.2, 0.25) is 0 Å².